The van der Waals surface area contributed by atoms with Crippen LogP contribution in [-0.2, 0) is 4.79 Å². The van der Waals surface area contributed by atoms with Gasteiger partial charge in [-0.1, -0.05) is 18.2 Å². The van der Waals surface area contributed by atoms with Crippen LogP contribution >= 0.6 is 11.8 Å². The lowest BCUT2D eigenvalue weighted by Crippen LogP contribution is -2.57. The third-order valence-electron chi connectivity index (χ3n) is 5.67. The Morgan fingerprint density at radius 1 is 1.35 bits per heavy atom. The molecule has 4 rings (SSSR count). The van der Waals surface area contributed by atoms with Gasteiger partial charge < -0.3 is 20.5 Å². The average Bonchev–Trinajstić information content (AvgIpc) is 3.32. The summed E-state index contributed by atoms with van der Waals surface area (Å²) < 4.78 is 0. The number of carbonyl (C=O) groups is 2. The molecule has 1 fully saturated rings. The SMILES string of the molecule is CSCC[C@H]1C(=O)NCCN1C(=O)c1cccc2cc(NC(C)c3cnc[nH]3)ccc12. The number of fused-ring (bicyclic) bond motifs is 1. The standard InChI is InChI=1S/C23H27N5O2S/c1-15(20-13-24-14-26-20)27-17-6-7-18-16(12-17)4-3-5-19(18)23(30)28-10-9-25-22(29)21(28)8-11-31-2/h3-7,12-15,21,27H,8-11H2,1-2H3,(H,24,26)(H,25,29)/t15?,21-/m0/s1. The highest BCUT2D eigenvalue weighted by Crippen LogP contribution is 2.27. The number of amides is 2. The Balaban J connectivity index is 1.60. The molecule has 2 amide bonds. The van der Waals surface area contributed by atoms with E-state index < -0.39 is 6.04 Å². The van der Waals surface area contributed by atoms with Crippen molar-refractivity contribution in [3.8, 4) is 0 Å². The molecule has 0 radical (unpaired) electrons. The number of hydrogen-bond acceptors (Lipinski definition) is 5. The van der Waals surface area contributed by atoms with Crippen molar-refractivity contribution in [3.63, 3.8) is 0 Å². The number of hydrogen-bond donors (Lipinski definition) is 3. The van der Waals surface area contributed by atoms with Gasteiger partial charge in [-0.25, -0.2) is 4.98 Å². The zero-order valence-corrected chi connectivity index (χ0v) is 18.5. The highest BCUT2D eigenvalue weighted by atomic mass is 32.2. The molecule has 8 heteroatoms. The molecule has 1 saturated heterocycles. The van der Waals surface area contributed by atoms with E-state index in [0.29, 0.717) is 25.1 Å². The van der Waals surface area contributed by atoms with Crippen molar-refractivity contribution >= 4 is 40.0 Å². The Morgan fingerprint density at radius 2 is 2.23 bits per heavy atom. The van der Waals surface area contributed by atoms with Gasteiger partial charge in [0, 0.05) is 30.5 Å². The van der Waals surface area contributed by atoms with Gasteiger partial charge in [0.05, 0.1) is 18.1 Å². The van der Waals surface area contributed by atoms with Crippen LogP contribution in [-0.4, -0.2) is 57.8 Å². The Labute approximate surface area is 186 Å². The van der Waals surface area contributed by atoms with Gasteiger partial charge in [-0.2, -0.15) is 11.8 Å². The van der Waals surface area contributed by atoms with E-state index in [1.54, 1.807) is 29.2 Å². The van der Waals surface area contributed by atoms with E-state index >= 15 is 0 Å². The van der Waals surface area contributed by atoms with Crippen molar-refractivity contribution in [1.29, 1.82) is 0 Å². The number of imidazole rings is 1. The summed E-state index contributed by atoms with van der Waals surface area (Å²) in [5.41, 5.74) is 2.60. The van der Waals surface area contributed by atoms with E-state index in [0.717, 1.165) is 27.9 Å². The molecule has 0 saturated carbocycles. The van der Waals surface area contributed by atoms with Crippen LogP contribution in [0, 0.1) is 0 Å². The summed E-state index contributed by atoms with van der Waals surface area (Å²) >= 11 is 1.68. The summed E-state index contributed by atoms with van der Waals surface area (Å²) in [7, 11) is 0. The quantitative estimate of drug-likeness (QED) is 0.527. The number of anilines is 1. The summed E-state index contributed by atoms with van der Waals surface area (Å²) in [6, 6.07) is 11.4. The second-order valence-electron chi connectivity index (χ2n) is 7.70. The van der Waals surface area contributed by atoms with Crippen molar-refractivity contribution in [2.45, 2.75) is 25.4 Å². The van der Waals surface area contributed by atoms with Gasteiger partial charge in [0.25, 0.3) is 5.91 Å². The first-order valence-corrected chi connectivity index (χ1v) is 11.8. The van der Waals surface area contributed by atoms with Crippen molar-refractivity contribution < 1.29 is 9.59 Å². The van der Waals surface area contributed by atoms with Crippen LogP contribution in [0.15, 0.2) is 48.9 Å². The molecule has 0 bridgehead atoms. The Bertz CT molecular complexity index is 1070. The maximum absolute atomic E-state index is 13.5. The first kappa shape index (κ1) is 21.2. The number of aromatic amines is 1. The number of nitrogens with one attached hydrogen (secondary N) is 3. The minimum atomic E-state index is -0.417. The van der Waals surface area contributed by atoms with Crippen molar-refractivity contribution in [2.75, 3.05) is 30.4 Å². The Hall–Kier alpha value is -3.00. The van der Waals surface area contributed by atoms with E-state index in [1.165, 1.54) is 0 Å². The zero-order valence-electron chi connectivity index (χ0n) is 17.7. The summed E-state index contributed by atoms with van der Waals surface area (Å²) in [4.78, 5) is 34.8. The molecule has 2 heterocycles. The topological polar surface area (TPSA) is 90.1 Å². The van der Waals surface area contributed by atoms with Crippen LogP contribution in [0.3, 0.4) is 0 Å². The van der Waals surface area contributed by atoms with Crippen LogP contribution in [0.25, 0.3) is 10.8 Å². The molecule has 2 aromatic carbocycles. The van der Waals surface area contributed by atoms with E-state index in [2.05, 4.69) is 27.5 Å². The van der Waals surface area contributed by atoms with Crippen molar-refractivity contribution in [3.05, 3.63) is 60.2 Å². The molecule has 2 atom stereocenters. The van der Waals surface area contributed by atoms with Crippen LogP contribution in [0.1, 0.15) is 35.4 Å². The van der Waals surface area contributed by atoms with Crippen LogP contribution in [0.4, 0.5) is 5.69 Å². The van der Waals surface area contributed by atoms with Crippen LogP contribution in [0.5, 0.6) is 0 Å². The number of H-pyrrole nitrogens is 1. The molecule has 1 aliphatic heterocycles. The predicted molar refractivity (Wildman–Crippen MR) is 125 cm³/mol. The summed E-state index contributed by atoms with van der Waals surface area (Å²) in [6.45, 7) is 3.08. The molecule has 3 N–H and O–H groups in total. The lowest BCUT2D eigenvalue weighted by Gasteiger charge is -2.35. The fraction of sp³-hybridized carbons (Fsp3) is 0.348. The third kappa shape index (κ3) is 4.54. The second kappa shape index (κ2) is 9.43. The molecule has 1 unspecified atom stereocenters. The summed E-state index contributed by atoms with van der Waals surface area (Å²) in [5, 5.41) is 8.23. The molecule has 0 aliphatic carbocycles. The average molecular weight is 438 g/mol. The number of nitrogens with zero attached hydrogens (tertiary/aromatic N) is 2. The Kier molecular flexibility index (Phi) is 6.46. The molecule has 7 nitrogen and oxygen atoms in total. The molecule has 1 aliphatic rings. The number of piperazine rings is 1. The van der Waals surface area contributed by atoms with E-state index in [4.69, 9.17) is 0 Å². The zero-order chi connectivity index (χ0) is 21.8. The number of benzene rings is 2. The van der Waals surface area contributed by atoms with Crippen LogP contribution < -0.4 is 10.6 Å². The highest BCUT2D eigenvalue weighted by molar-refractivity contribution is 7.98. The van der Waals surface area contributed by atoms with Gasteiger partial charge in [0.15, 0.2) is 0 Å². The van der Waals surface area contributed by atoms with Gasteiger partial charge in [0.2, 0.25) is 5.91 Å². The normalized spacial score (nSPS) is 17.4. The van der Waals surface area contributed by atoms with Gasteiger partial charge in [-0.05, 0) is 54.3 Å². The maximum Gasteiger partial charge on any atom is 0.255 e. The first-order chi connectivity index (χ1) is 15.1. The van der Waals surface area contributed by atoms with Gasteiger partial charge >= 0.3 is 0 Å². The number of aromatic nitrogens is 2. The molecule has 162 valence electrons. The van der Waals surface area contributed by atoms with Gasteiger partial charge in [0.1, 0.15) is 6.04 Å². The minimum Gasteiger partial charge on any atom is -0.377 e. The molecule has 0 spiro atoms. The predicted octanol–water partition coefficient (Wildman–Crippen LogP) is 3.43. The molecule has 3 aromatic rings. The number of carbonyl (C=O) groups excluding carboxylic acids is 2. The molecular formula is C23H27N5O2S. The fourth-order valence-corrected chi connectivity index (χ4v) is 4.48. The second-order valence-corrected chi connectivity index (χ2v) is 8.69. The lowest BCUT2D eigenvalue weighted by molar-refractivity contribution is -0.127. The van der Waals surface area contributed by atoms with Gasteiger partial charge in [-0.15, -0.1) is 0 Å². The first-order valence-electron chi connectivity index (χ1n) is 10.4. The van der Waals surface area contributed by atoms with E-state index in [-0.39, 0.29) is 17.9 Å². The largest absolute Gasteiger partial charge is 0.377 e. The fourth-order valence-electron chi connectivity index (χ4n) is 4.02. The third-order valence-corrected chi connectivity index (χ3v) is 6.31. The van der Waals surface area contributed by atoms with Gasteiger partial charge in [-0.3, -0.25) is 9.59 Å². The van der Waals surface area contributed by atoms with Crippen LogP contribution in [0.2, 0.25) is 0 Å². The minimum absolute atomic E-state index is 0.0619. The molecular weight excluding hydrogens is 410 g/mol. The molecule has 31 heavy (non-hydrogen) atoms. The maximum atomic E-state index is 13.5. The van der Waals surface area contributed by atoms with E-state index in [9.17, 15) is 9.59 Å². The summed E-state index contributed by atoms with van der Waals surface area (Å²) in [6.07, 6.45) is 6.14. The highest BCUT2D eigenvalue weighted by Gasteiger charge is 2.33. The van der Waals surface area contributed by atoms with Crippen molar-refractivity contribution in [2.24, 2.45) is 0 Å². The Morgan fingerprint density at radius 3 is 3.00 bits per heavy atom. The number of rotatable bonds is 7. The van der Waals surface area contributed by atoms with Crippen molar-refractivity contribution in [1.82, 2.24) is 20.2 Å². The lowest BCUT2D eigenvalue weighted by atomic mass is 10.0. The smallest absolute Gasteiger partial charge is 0.255 e. The molecule has 1 aromatic heterocycles. The van der Waals surface area contributed by atoms with E-state index in [1.807, 2.05) is 42.7 Å². The monoisotopic (exact) mass is 437 g/mol. The summed E-state index contributed by atoms with van der Waals surface area (Å²) in [5.74, 6) is 0.687. The number of thioether (sulfide) groups is 1.